The highest BCUT2D eigenvalue weighted by molar-refractivity contribution is 6.03. The van der Waals surface area contributed by atoms with E-state index in [0.29, 0.717) is 6.07 Å². The van der Waals surface area contributed by atoms with Crippen LogP contribution in [0.5, 0.6) is 0 Å². The van der Waals surface area contributed by atoms with E-state index in [2.05, 4.69) is 15.0 Å². The van der Waals surface area contributed by atoms with Crippen molar-refractivity contribution >= 4 is 11.6 Å². The van der Waals surface area contributed by atoms with Crippen LogP contribution < -0.4 is 5.32 Å². The van der Waals surface area contributed by atoms with E-state index in [9.17, 15) is 13.6 Å². The summed E-state index contributed by atoms with van der Waals surface area (Å²) in [6.07, 6.45) is 2.31. The fourth-order valence-corrected chi connectivity index (χ4v) is 1.10. The normalized spacial score (nSPS) is 10.1. The van der Waals surface area contributed by atoms with Crippen molar-refractivity contribution in [3.05, 3.63) is 47.9 Å². The summed E-state index contributed by atoms with van der Waals surface area (Å²) >= 11 is 0. The molecule has 0 radical (unpaired) electrons. The van der Waals surface area contributed by atoms with Gasteiger partial charge in [-0.1, -0.05) is 5.16 Å². The van der Waals surface area contributed by atoms with Crippen LogP contribution in [0.25, 0.3) is 0 Å². The van der Waals surface area contributed by atoms with Crippen molar-refractivity contribution in [1.29, 1.82) is 0 Å². The van der Waals surface area contributed by atoms with E-state index in [1.165, 1.54) is 6.20 Å². The monoisotopic (exact) mass is 224 g/mol. The van der Waals surface area contributed by atoms with E-state index in [0.717, 1.165) is 18.4 Å². The van der Waals surface area contributed by atoms with Crippen LogP contribution in [0.1, 0.15) is 10.4 Å². The predicted molar refractivity (Wildman–Crippen MR) is 50.8 cm³/mol. The van der Waals surface area contributed by atoms with Crippen LogP contribution in [-0.2, 0) is 0 Å². The van der Waals surface area contributed by atoms with Crippen LogP contribution in [0, 0.1) is 11.6 Å². The highest BCUT2D eigenvalue weighted by Crippen LogP contribution is 2.15. The summed E-state index contributed by atoms with van der Waals surface area (Å²) in [7, 11) is 0. The summed E-state index contributed by atoms with van der Waals surface area (Å²) in [5.74, 6) is -2.13. The van der Waals surface area contributed by atoms with Crippen LogP contribution in [0.3, 0.4) is 0 Å². The molecule has 0 aliphatic heterocycles. The number of nitrogens with zero attached hydrogens (tertiary/aromatic N) is 1. The van der Waals surface area contributed by atoms with Crippen molar-refractivity contribution in [2.45, 2.75) is 0 Å². The van der Waals surface area contributed by atoms with Crippen LogP contribution in [-0.4, -0.2) is 11.1 Å². The molecule has 0 spiro atoms. The Kier molecular flexibility index (Phi) is 2.63. The second kappa shape index (κ2) is 4.09. The summed E-state index contributed by atoms with van der Waals surface area (Å²) in [4.78, 5) is 11.4. The van der Waals surface area contributed by atoms with Gasteiger partial charge in [-0.25, -0.2) is 8.78 Å². The first-order valence-corrected chi connectivity index (χ1v) is 4.32. The van der Waals surface area contributed by atoms with Crippen molar-refractivity contribution < 1.29 is 18.1 Å². The average molecular weight is 224 g/mol. The first-order chi connectivity index (χ1) is 7.66. The molecular formula is C10H6F2N2O2. The maximum Gasteiger partial charge on any atom is 0.260 e. The molecule has 0 bridgehead atoms. The second-order valence-electron chi connectivity index (χ2n) is 2.99. The molecule has 0 aliphatic carbocycles. The lowest BCUT2D eigenvalue weighted by atomic mass is 10.2. The van der Waals surface area contributed by atoms with E-state index in [1.807, 2.05) is 0 Å². The molecule has 0 saturated carbocycles. The minimum atomic E-state index is -0.843. The van der Waals surface area contributed by atoms with Gasteiger partial charge in [0.2, 0.25) is 0 Å². The van der Waals surface area contributed by atoms with Gasteiger partial charge in [-0.2, -0.15) is 0 Å². The van der Waals surface area contributed by atoms with Gasteiger partial charge < -0.3 is 9.84 Å². The van der Waals surface area contributed by atoms with E-state index in [4.69, 9.17) is 0 Å². The number of rotatable bonds is 2. The summed E-state index contributed by atoms with van der Waals surface area (Å²) in [5.41, 5.74) is 0.0522. The minimum absolute atomic E-state index is 0.104. The average Bonchev–Trinajstić information content (AvgIpc) is 2.75. The third-order valence-corrected chi connectivity index (χ3v) is 1.87. The molecule has 6 heteroatoms. The van der Waals surface area contributed by atoms with Gasteiger partial charge in [0.05, 0.1) is 17.4 Å². The van der Waals surface area contributed by atoms with E-state index in [-0.39, 0.29) is 11.3 Å². The lowest BCUT2D eigenvalue weighted by Crippen LogP contribution is -2.12. The van der Waals surface area contributed by atoms with Crippen molar-refractivity contribution in [2.75, 3.05) is 5.32 Å². The SMILES string of the molecule is O=C(Nc1ccc(F)cc1F)c1cnoc1. The number of nitrogens with one attached hydrogen (secondary N) is 1. The molecule has 16 heavy (non-hydrogen) atoms. The van der Waals surface area contributed by atoms with E-state index >= 15 is 0 Å². The van der Waals surface area contributed by atoms with Crippen molar-refractivity contribution in [2.24, 2.45) is 0 Å². The fourth-order valence-electron chi connectivity index (χ4n) is 1.10. The highest BCUT2D eigenvalue weighted by atomic mass is 19.1. The Bertz CT molecular complexity index is 512. The third kappa shape index (κ3) is 2.05. The number of carbonyl (C=O) groups excluding carboxylic acids is 1. The highest BCUT2D eigenvalue weighted by Gasteiger charge is 2.11. The summed E-state index contributed by atoms with van der Waals surface area (Å²) in [6.45, 7) is 0. The third-order valence-electron chi connectivity index (χ3n) is 1.87. The van der Waals surface area contributed by atoms with Gasteiger partial charge in [-0.15, -0.1) is 0 Å². The smallest absolute Gasteiger partial charge is 0.260 e. The molecule has 0 saturated heterocycles. The number of amides is 1. The molecule has 82 valence electrons. The van der Waals surface area contributed by atoms with Crippen molar-refractivity contribution in [3.63, 3.8) is 0 Å². The molecule has 0 aliphatic rings. The van der Waals surface area contributed by atoms with Crippen LogP contribution in [0.15, 0.2) is 35.2 Å². The number of benzene rings is 1. The van der Waals surface area contributed by atoms with Crippen molar-refractivity contribution in [3.8, 4) is 0 Å². The maximum atomic E-state index is 13.2. The number of aromatic nitrogens is 1. The van der Waals surface area contributed by atoms with Gasteiger partial charge >= 0.3 is 0 Å². The Labute approximate surface area is 88.9 Å². The van der Waals surface area contributed by atoms with Gasteiger partial charge in [-0.3, -0.25) is 4.79 Å². The fraction of sp³-hybridized carbons (Fsp3) is 0. The Hall–Kier alpha value is -2.24. The molecule has 1 N–H and O–H groups in total. The van der Waals surface area contributed by atoms with Crippen LogP contribution in [0.4, 0.5) is 14.5 Å². The van der Waals surface area contributed by atoms with Gasteiger partial charge in [-0.05, 0) is 12.1 Å². The summed E-state index contributed by atoms with van der Waals surface area (Å²) in [5, 5.41) is 5.59. The number of anilines is 1. The Balaban J connectivity index is 2.18. The zero-order valence-corrected chi connectivity index (χ0v) is 7.91. The first-order valence-electron chi connectivity index (χ1n) is 4.32. The van der Waals surface area contributed by atoms with Crippen LogP contribution in [0.2, 0.25) is 0 Å². The first kappa shape index (κ1) is 10.3. The molecule has 0 fully saturated rings. The number of halogens is 2. The van der Waals surface area contributed by atoms with Crippen LogP contribution >= 0.6 is 0 Å². The molecule has 2 aromatic rings. The van der Waals surface area contributed by atoms with Gasteiger partial charge in [0, 0.05) is 6.07 Å². The van der Waals surface area contributed by atoms with E-state index < -0.39 is 17.5 Å². The van der Waals surface area contributed by atoms with Gasteiger partial charge in [0.15, 0.2) is 0 Å². The molecule has 0 atom stereocenters. The molecule has 2 rings (SSSR count). The Morgan fingerprint density at radius 2 is 2.19 bits per heavy atom. The number of hydrogen-bond donors (Lipinski definition) is 1. The van der Waals surface area contributed by atoms with E-state index in [1.54, 1.807) is 0 Å². The van der Waals surface area contributed by atoms with Crippen molar-refractivity contribution in [1.82, 2.24) is 5.16 Å². The zero-order chi connectivity index (χ0) is 11.5. The zero-order valence-electron chi connectivity index (χ0n) is 7.91. The number of carbonyl (C=O) groups is 1. The minimum Gasteiger partial charge on any atom is -0.364 e. The molecule has 0 unspecified atom stereocenters. The standard InChI is InChI=1S/C10H6F2N2O2/c11-7-1-2-9(8(12)3-7)14-10(15)6-4-13-16-5-6/h1-5H,(H,14,15). The molecule has 1 heterocycles. The summed E-state index contributed by atoms with van der Waals surface area (Å²) < 4.78 is 30.2. The Morgan fingerprint density at radius 3 is 2.81 bits per heavy atom. The molecule has 1 aromatic heterocycles. The molecule has 4 nitrogen and oxygen atoms in total. The Morgan fingerprint density at radius 1 is 1.38 bits per heavy atom. The molecule has 1 aromatic carbocycles. The second-order valence-corrected chi connectivity index (χ2v) is 2.99. The topological polar surface area (TPSA) is 55.1 Å². The lowest BCUT2D eigenvalue weighted by Gasteiger charge is -2.04. The summed E-state index contributed by atoms with van der Waals surface area (Å²) in [6, 6.07) is 2.87. The van der Waals surface area contributed by atoms with Gasteiger partial charge in [0.1, 0.15) is 17.9 Å². The molecular weight excluding hydrogens is 218 g/mol. The maximum absolute atomic E-state index is 13.2. The quantitative estimate of drug-likeness (QED) is 0.850. The lowest BCUT2D eigenvalue weighted by molar-refractivity contribution is 0.102. The largest absolute Gasteiger partial charge is 0.364 e. The molecule has 1 amide bonds. The predicted octanol–water partition coefficient (Wildman–Crippen LogP) is 2.21. The number of hydrogen-bond acceptors (Lipinski definition) is 3. The van der Waals surface area contributed by atoms with Gasteiger partial charge in [0.25, 0.3) is 5.91 Å².